The SMILES string of the molecule is C[C@@H]1CN(c2cc(-c3cc(F)cc(-c4ccc(-n5ccn(C)c5=O)c(Cl)c4)c3O)cc3[nH]ccc23)CCN1. The fraction of sp³-hybridized carbons (Fsp3) is 0.207. The number of piperazine rings is 1. The van der Waals surface area contributed by atoms with Crippen LogP contribution in [0.3, 0.4) is 0 Å². The Morgan fingerprint density at radius 3 is 2.53 bits per heavy atom. The van der Waals surface area contributed by atoms with E-state index in [0.29, 0.717) is 39.0 Å². The molecule has 0 radical (unpaired) electrons. The number of aromatic amines is 1. The highest BCUT2D eigenvalue weighted by molar-refractivity contribution is 6.32. The van der Waals surface area contributed by atoms with Gasteiger partial charge in [-0.3, -0.25) is 4.57 Å². The number of hydrogen-bond acceptors (Lipinski definition) is 4. The maximum absolute atomic E-state index is 15.0. The van der Waals surface area contributed by atoms with Crippen LogP contribution in [0.4, 0.5) is 10.1 Å². The number of aromatic nitrogens is 3. The Balaban J connectivity index is 1.46. The molecule has 194 valence electrons. The summed E-state index contributed by atoms with van der Waals surface area (Å²) >= 11 is 6.56. The number of rotatable bonds is 4. The van der Waals surface area contributed by atoms with Gasteiger partial charge in [0.25, 0.3) is 0 Å². The molecule has 0 aliphatic carbocycles. The van der Waals surface area contributed by atoms with Gasteiger partial charge in [0.2, 0.25) is 0 Å². The molecular formula is C29H27ClFN5O2. The maximum atomic E-state index is 15.0. The van der Waals surface area contributed by atoms with E-state index in [2.05, 4.69) is 22.1 Å². The summed E-state index contributed by atoms with van der Waals surface area (Å²) in [6, 6.07) is 14.0. The molecule has 1 aliphatic rings. The molecular weight excluding hydrogens is 505 g/mol. The molecule has 0 spiro atoms. The highest BCUT2D eigenvalue weighted by Crippen LogP contribution is 2.42. The molecule has 0 amide bonds. The summed E-state index contributed by atoms with van der Waals surface area (Å²) in [6.07, 6.45) is 5.17. The van der Waals surface area contributed by atoms with Crippen LogP contribution in [0.2, 0.25) is 5.02 Å². The van der Waals surface area contributed by atoms with Gasteiger partial charge < -0.3 is 24.9 Å². The van der Waals surface area contributed by atoms with Gasteiger partial charge in [-0.05, 0) is 60.5 Å². The Kier molecular flexibility index (Phi) is 6.01. The molecule has 0 unspecified atom stereocenters. The van der Waals surface area contributed by atoms with Crippen LogP contribution in [0.25, 0.3) is 38.8 Å². The van der Waals surface area contributed by atoms with Crippen molar-refractivity contribution in [1.29, 1.82) is 0 Å². The number of anilines is 1. The summed E-state index contributed by atoms with van der Waals surface area (Å²) < 4.78 is 17.9. The summed E-state index contributed by atoms with van der Waals surface area (Å²) in [5.74, 6) is -0.520. The minimum absolute atomic E-state index is 0.0439. The minimum atomic E-state index is -0.476. The molecule has 1 atom stereocenters. The Morgan fingerprint density at radius 1 is 1.03 bits per heavy atom. The fourth-order valence-corrected chi connectivity index (χ4v) is 5.54. The summed E-state index contributed by atoms with van der Waals surface area (Å²) in [5, 5.41) is 16.3. The second kappa shape index (κ2) is 9.38. The van der Waals surface area contributed by atoms with Crippen LogP contribution in [0.1, 0.15) is 6.92 Å². The first kappa shape index (κ1) is 24.3. The molecule has 3 aromatic carbocycles. The van der Waals surface area contributed by atoms with Crippen molar-refractivity contribution in [2.45, 2.75) is 13.0 Å². The second-order valence-corrected chi connectivity index (χ2v) is 10.2. The maximum Gasteiger partial charge on any atom is 0.332 e. The highest BCUT2D eigenvalue weighted by Gasteiger charge is 2.21. The standard InChI is InChI=1S/C29H27ClFN5O2/c1-17-16-35(8-7-32-17)27-13-19(12-25-21(27)5-6-33-25)23-15-20(31)14-22(28(23)37)18-3-4-26(24(30)11-18)36-10-9-34(2)29(36)38/h3-6,9-15,17,32-33,37H,7-8,16H2,1-2H3/t17-/m1/s1. The first-order chi connectivity index (χ1) is 18.3. The molecule has 1 aliphatic heterocycles. The molecule has 3 heterocycles. The van der Waals surface area contributed by atoms with Crippen LogP contribution in [0.5, 0.6) is 5.75 Å². The molecule has 0 bridgehead atoms. The van der Waals surface area contributed by atoms with Crippen LogP contribution >= 0.6 is 11.6 Å². The minimum Gasteiger partial charge on any atom is -0.507 e. The van der Waals surface area contributed by atoms with Crippen LogP contribution in [-0.4, -0.2) is 44.9 Å². The second-order valence-electron chi connectivity index (χ2n) is 9.81. The summed E-state index contributed by atoms with van der Waals surface area (Å²) in [5.41, 5.74) is 4.18. The molecule has 9 heteroatoms. The number of nitrogens with one attached hydrogen (secondary N) is 2. The first-order valence-corrected chi connectivity index (χ1v) is 12.8. The van der Waals surface area contributed by atoms with E-state index >= 15 is 4.39 Å². The van der Waals surface area contributed by atoms with E-state index in [1.807, 2.05) is 24.4 Å². The molecule has 1 fully saturated rings. The van der Waals surface area contributed by atoms with Crippen LogP contribution in [-0.2, 0) is 7.05 Å². The van der Waals surface area contributed by atoms with Crippen molar-refractivity contribution in [1.82, 2.24) is 19.4 Å². The van der Waals surface area contributed by atoms with E-state index in [1.165, 1.54) is 21.3 Å². The lowest BCUT2D eigenvalue weighted by Gasteiger charge is -2.34. The highest BCUT2D eigenvalue weighted by atomic mass is 35.5. The molecule has 7 nitrogen and oxygen atoms in total. The van der Waals surface area contributed by atoms with Gasteiger partial charge in [0, 0.05) is 79.0 Å². The topological polar surface area (TPSA) is 78.2 Å². The fourth-order valence-electron chi connectivity index (χ4n) is 5.27. The Hall–Kier alpha value is -4.01. The number of benzene rings is 3. The number of hydrogen-bond donors (Lipinski definition) is 3. The number of imidazole rings is 1. The molecule has 38 heavy (non-hydrogen) atoms. The molecule has 1 saturated heterocycles. The van der Waals surface area contributed by atoms with E-state index in [1.54, 1.807) is 37.6 Å². The van der Waals surface area contributed by atoms with Crippen molar-refractivity contribution >= 4 is 28.2 Å². The van der Waals surface area contributed by atoms with Gasteiger partial charge in [-0.1, -0.05) is 17.7 Å². The summed E-state index contributed by atoms with van der Waals surface area (Å²) in [4.78, 5) is 18.0. The Bertz CT molecular complexity index is 1740. The van der Waals surface area contributed by atoms with Crippen LogP contribution in [0.15, 0.2) is 71.9 Å². The van der Waals surface area contributed by atoms with Crippen molar-refractivity contribution in [3.05, 3.63) is 88.4 Å². The van der Waals surface area contributed by atoms with E-state index in [-0.39, 0.29) is 11.4 Å². The van der Waals surface area contributed by atoms with Gasteiger partial charge in [0.15, 0.2) is 0 Å². The number of fused-ring (bicyclic) bond motifs is 1. The zero-order valence-electron chi connectivity index (χ0n) is 21.0. The zero-order chi connectivity index (χ0) is 26.6. The van der Waals surface area contributed by atoms with Crippen LogP contribution in [0, 0.1) is 5.82 Å². The summed E-state index contributed by atoms with van der Waals surface area (Å²) in [7, 11) is 1.66. The number of halogens is 2. The number of aromatic hydroxyl groups is 1. The third-order valence-electron chi connectivity index (χ3n) is 7.21. The quantitative estimate of drug-likeness (QED) is 0.294. The van der Waals surface area contributed by atoms with Crippen molar-refractivity contribution in [3.8, 4) is 33.7 Å². The van der Waals surface area contributed by atoms with E-state index < -0.39 is 5.82 Å². The number of H-pyrrole nitrogens is 1. The monoisotopic (exact) mass is 531 g/mol. The average Bonchev–Trinajstić information content (AvgIpc) is 3.51. The van der Waals surface area contributed by atoms with Crippen LogP contribution < -0.4 is 15.9 Å². The van der Waals surface area contributed by atoms with Gasteiger partial charge in [-0.15, -0.1) is 0 Å². The normalized spacial score (nSPS) is 15.9. The van der Waals surface area contributed by atoms with E-state index in [4.69, 9.17) is 11.6 Å². The Labute approximate surface area is 223 Å². The van der Waals surface area contributed by atoms with Gasteiger partial charge in [-0.25, -0.2) is 9.18 Å². The van der Waals surface area contributed by atoms with Gasteiger partial charge in [0.1, 0.15) is 11.6 Å². The first-order valence-electron chi connectivity index (χ1n) is 12.5. The lowest BCUT2D eigenvalue weighted by molar-refractivity contribution is 0.477. The number of nitrogens with zero attached hydrogens (tertiary/aromatic N) is 3. The molecule has 3 N–H and O–H groups in total. The van der Waals surface area contributed by atoms with Crippen molar-refractivity contribution < 1.29 is 9.50 Å². The largest absolute Gasteiger partial charge is 0.507 e. The average molecular weight is 532 g/mol. The van der Waals surface area contributed by atoms with Crippen molar-refractivity contribution in [3.63, 3.8) is 0 Å². The molecule has 2 aromatic heterocycles. The lowest BCUT2D eigenvalue weighted by atomic mass is 9.95. The zero-order valence-corrected chi connectivity index (χ0v) is 21.8. The van der Waals surface area contributed by atoms with Gasteiger partial charge in [0.05, 0.1) is 10.7 Å². The number of phenols is 1. The predicted molar refractivity (Wildman–Crippen MR) is 150 cm³/mol. The third-order valence-corrected chi connectivity index (χ3v) is 7.51. The lowest BCUT2D eigenvalue weighted by Crippen LogP contribution is -2.49. The van der Waals surface area contributed by atoms with Crippen molar-refractivity contribution in [2.75, 3.05) is 24.5 Å². The molecule has 5 aromatic rings. The molecule has 6 rings (SSSR count). The number of phenolic OH excluding ortho intramolecular Hbond substituents is 1. The predicted octanol–water partition coefficient (Wildman–Crippen LogP) is 5.29. The van der Waals surface area contributed by atoms with Gasteiger partial charge in [-0.2, -0.15) is 0 Å². The number of aryl methyl sites for hydroxylation is 1. The Morgan fingerprint density at radius 2 is 1.82 bits per heavy atom. The van der Waals surface area contributed by atoms with E-state index in [9.17, 15) is 9.90 Å². The summed E-state index contributed by atoms with van der Waals surface area (Å²) in [6.45, 7) is 4.72. The van der Waals surface area contributed by atoms with E-state index in [0.717, 1.165) is 36.2 Å². The van der Waals surface area contributed by atoms with Gasteiger partial charge >= 0.3 is 5.69 Å². The third kappa shape index (κ3) is 4.15. The van der Waals surface area contributed by atoms with Crippen molar-refractivity contribution in [2.24, 2.45) is 7.05 Å². The molecule has 0 saturated carbocycles. The smallest absolute Gasteiger partial charge is 0.332 e.